The summed E-state index contributed by atoms with van der Waals surface area (Å²) in [6, 6.07) is 8.03. The van der Waals surface area contributed by atoms with Gasteiger partial charge in [0.1, 0.15) is 5.75 Å². The Bertz CT molecular complexity index is 371. The van der Waals surface area contributed by atoms with Crippen molar-refractivity contribution in [3.05, 3.63) is 29.8 Å². The summed E-state index contributed by atoms with van der Waals surface area (Å²) in [6.45, 7) is 7.64. The largest absolute Gasteiger partial charge is 0.497 e. The van der Waals surface area contributed by atoms with Gasteiger partial charge in [-0.2, -0.15) is 0 Å². The van der Waals surface area contributed by atoms with Gasteiger partial charge in [0.15, 0.2) is 0 Å². The lowest BCUT2D eigenvalue weighted by Crippen LogP contribution is -2.37. The van der Waals surface area contributed by atoms with E-state index in [0.717, 1.165) is 12.3 Å². The van der Waals surface area contributed by atoms with E-state index >= 15 is 0 Å². The maximum atomic E-state index is 10.1. The van der Waals surface area contributed by atoms with Crippen LogP contribution >= 0.6 is 0 Å². The maximum absolute atomic E-state index is 10.1. The fraction of sp³-hybridized carbons (Fsp3) is 0.600. The van der Waals surface area contributed by atoms with Crippen molar-refractivity contribution in [3.63, 3.8) is 0 Å². The lowest BCUT2D eigenvalue weighted by molar-refractivity contribution is 0.0333. The average molecular weight is 251 g/mol. The van der Waals surface area contributed by atoms with Crippen LogP contribution in [0.2, 0.25) is 0 Å². The van der Waals surface area contributed by atoms with Crippen LogP contribution in [0, 0.1) is 5.41 Å². The second-order valence-corrected chi connectivity index (χ2v) is 5.93. The molecule has 0 aliphatic carbocycles. The van der Waals surface area contributed by atoms with Crippen molar-refractivity contribution < 1.29 is 9.84 Å². The summed E-state index contributed by atoms with van der Waals surface area (Å²) in [4.78, 5) is 2.13. The van der Waals surface area contributed by atoms with Crippen LogP contribution in [0.4, 0.5) is 0 Å². The van der Waals surface area contributed by atoms with E-state index in [1.165, 1.54) is 5.56 Å². The molecule has 0 radical (unpaired) electrons. The quantitative estimate of drug-likeness (QED) is 0.873. The fourth-order valence-electron chi connectivity index (χ4n) is 1.72. The predicted octanol–water partition coefficient (Wildman–Crippen LogP) is 2.53. The first kappa shape index (κ1) is 15.0. The monoisotopic (exact) mass is 251 g/mol. The molecule has 18 heavy (non-hydrogen) atoms. The van der Waals surface area contributed by atoms with E-state index < -0.39 is 0 Å². The molecule has 0 bridgehead atoms. The smallest absolute Gasteiger partial charge is 0.119 e. The number of hydrogen-bond donors (Lipinski definition) is 1. The van der Waals surface area contributed by atoms with Crippen molar-refractivity contribution in [2.75, 3.05) is 20.7 Å². The van der Waals surface area contributed by atoms with Gasteiger partial charge < -0.3 is 9.84 Å². The molecule has 0 aliphatic heterocycles. The van der Waals surface area contributed by atoms with Crippen molar-refractivity contribution in [2.24, 2.45) is 5.41 Å². The number of aliphatic hydroxyl groups is 1. The standard InChI is InChI=1S/C15H25NO2/c1-15(2,3)14(17)11-16(4)10-12-7-6-8-13(9-12)18-5/h6-9,14,17H,10-11H2,1-5H3. The predicted molar refractivity (Wildman–Crippen MR) is 74.8 cm³/mol. The molecule has 1 aromatic carbocycles. The first-order valence-corrected chi connectivity index (χ1v) is 6.32. The highest BCUT2D eigenvalue weighted by atomic mass is 16.5. The van der Waals surface area contributed by atoms with Gasteiger partial charge in [-0.05, 0) is 30.2 Å². The van der Waals surface area contributed by atoms with Gasteiger partial charge in [-0.15, -0.1) is 0 Å². The first-order chi connectivity index (χ1) is 8.32. The van der Waals surface area contributed by atoms with Crippen LogP contribution in [0.1, 0.15) is 26.3 Å². The number of hydrogen-bond acceptors (Lipinski definition) is 3. The van der Waals surface area contributed by atoms with Crippen molar-refractivity contribution in [1.82, 2.24) is 4.90 Å². The molecular formula is C15H25NO2. The number of ether oxygens (including phenoxy) is 1. The van der Waals surface area contributed by atoms with E-state index in [0.29, 0.717) is 6.54 Å². The molecular weight excluding hydrogens is 226 g/mol. The molecule has 0 saturated heterocycles. The summed E-state index contributed by atoms with van der Waals surface area (Å²) in [5, 5.41) is 10.1. The molecule has 102 valence electrons. The minimum atomic E-state index is -0.326. The van der Waals surface area contributed by atoms with Crippen molar-refractivity contribution in [2.45, 2.75) is 33.4 Å². The summed E-state index contributed by atoms with van der Waals surface area (Å²) in [5.74, 6) is 0.872. The number of likely N-dealkylation sites (N-methyl/N-ethyl adjacent to an activating group) is 1. The third kappa shape index (κ3) is 4.67. The summed E-state index contributed by atoms with van der Waals surface area (Å²) in [6.07, 6.45) is -0.326. The second kappa shape index (κ2) is 6.21. The molecule has 3 heteroatoms. The molecule has 0 amide bonds. The molecule has 0 heterocycles. The van der Waals surface area contributed by atoms with Gasteiger partial charge in [0.2, 0.25) is 0 Å². The van der Waals surface area contributed by atoms with Gasteiger partial charge in [0.05, 0.1) is 13.2 Å². The highest BCUT2D eigenvalue weighted by Crippen LogP contribution is 2.20. The van der Waals surface area contributed by atoms with Gasteiger partial charge >= 0.3 is 0 Å². The first-order valence-electron chi connectivity index (χ1n) is 6.32. The van der Waals surface area contributed by atoms with Crippen LogP contribution < -0.4 is 4.74 Å². The topological polar surface area (TPSA) is 32.7 Å². The molecule has 0 spiro atoms. The zero-order valence-corrected chi connectivity index (χ0v) is 12.1. The zero-order valence-electron chi connectivity index (χ0n) is 12.1. The Morgan fingerprint density at radius 1 is 1.33 bits per heavy atom. The number of methoxy groups -OCH3 is 1. The Morgan fingerprint density at radius 3 is 2.56 bits per heavy atom. The Labute approximate surface area is 110 Å². The summed E-state index contributed by atoms with van der Waals surface area (Å²) < 4.78 is 5.20. The van der Waals surface area contributed by atoms with Gasteiger partial charge in [-0.25, -0.2) is 0 Å². The summed E-state index contributed by atoms with van der Waals surface area (Å²) in [5.41, 5.74) is 1.11. The maximum Gasteiger partial charge on any atom is 0.119 e. The van der Waals surface area contributed by atoms with Gasteiger partial charge in [-0.1, -0.05) is 32.9 Å². The SMILES string of the molecule is COc1cccc(CN(C)CC(O)C(C)(C)C)c1. The van der Waals surface area contributed by atoms with E-state index in [-0.39, 0.29) is 11.5 Å². The Morgan fingerprint density at radius 2 is 2.00 bits per heavy atom. The van der Waals surface area contributed by atoms with E-state index in [2.05, 4.69) is 31.7 Å². The van der Waals surface area contributed by atoms with E-state index in [1.54, 1.807) is 7.11 Å². The summed E-state index contributed by atoms with van der Waals surface area (Å²) >= 11 is 0. The number of rotatable bonds is 5. The zero-order chi connectivity index (χ0) is 13.8. The number of aliphatic hydroxyl groups excluding tert-OH is 1. The third-order valence-corrected chi connectivity index (χ3v) is 3.07. The molecule has 0 aromatic heterocycles. The Hall–Kier alpha value is -1.06. The molecule has 3 nitrogen and oxygen atoms in total. The molecule has 1 N–H and O–H groups in total. The van der Waals surface area contributed by atoms with Crippen LogP contribution in [0.3, 0.4) is 0 Å². The van der Waals surface area contributed by atoms with Crippen LogP contribution in [0.25, 0.3) is 0 Å². The van der Waals surface area contributed by atoms with Crippen LogP contribution in [-0.4, -0.2) is 36.8 Å². The van der Waals surface area contributed by atoms with Gasteiger partial charge in [0.25, 0.3) is 0 Å². The third-order valence-electron chi connectivity index (χ3n) is 3.07. The molecule has 1 atom stereocenters. The Kier molecular flexibility index (Phi) is 5.17. The van der Waals surface area contributed by atoms with E-state index in [9.17, 15) is 5.11 Å². The number of nitrogens with zero attached hydrogens (tertiary/aromatic N) is 1. The molecule has 1 unspecified atom stereocenters. The normalized spacial score (nSPS) is 13.7. The van der Waals surface area contributed by atoms with Gasteiger partial charge in [0, 0.05) is 13.1 Å². The van der Waals surface area contributed by atoms with Crippen molar-refractivity contribution in [3.8, 4) is 5.75 Å². The highest BCUT2D eigenvalue weighted by molar-refractivity contribution is 5.28. The molecule has 0 fully saturated rings. The van der Waals surface area contributed by atoms with Crippen molar-refractivity contribution in [1.29, 1.82) is 0 Å². The molecule has 0 aliphatic rings. The van der Waals surface area contributed by atoms with Crippen molar-refractivity contribution >= 4 is 0 Å². The lowest BCUT2D eigenvalue weighted by Gasteiger charge is -2.30. The van der Waals surface area contributed by atoms with Crippen LogP contribution in [-0.2, 0) is 6.54 Å². The number of benzene rings is 1. The minimum absolute atomic E-state index is 0.0807. The van der Waals surface area contributed by atoms with Crippen LogP contribution in [0.15, 0.2) is 24.3 Å². The molecule has 1 rings (SSSR count). The summed E-state index contributed by atoms with van der Waals surface area (Å²) in [7, 11) is 3.70. The average Bonchev–Trinajstić information content (AvgIpc) is 2.27. The van der Waals surface area contributed by atoms with E-state index in [4.69, 9.17) is 4.74 Å². The van der Waals surface area contributed by atoms with E-state index in [1.807, 2.05) is 25.2 Å². The van der Waals surface area contributed by atoms with Gasteiger partial charge in [-0.3, -0.25) is 4.90 Å². The molecule has 1 aromatic rings. The van der Waals surface area contributed by atoms with Crippen LogP contribution in [0.5, 0.6) is 5.75 Å². The Balaban J connectivity index is 2.56. The highest BCUT2D eigenvalue weighted by Gasteiger charge is 2.23. The lowest BCUT2D eigenvalue weighted by atomic mass is 9.89. The molecule has 0 saturated carbocycles. The fourth-order valence-corrected chi connectivity index (χ4v) is 1.72. The minimum Gasteiger partial charge on any atom is -0.497 e. The second-order valence-electron chi connectivity index (χ2n) is 5.93.